The van der Waals surface area contributed by atoms with Gasteiger partial charge in [-0.1, -0.05) is 6.42 Å². The van der Waals surface area contributed by atoms with Crippen LogP contribution in [0, 0.1) is 19.8 Å². The molecule has 1 saturated carbocycles. The van der Waals surface area contributed by atoms with Crippen LogP contribution in [0.25, 0.3) is 0 Å². The monoisotopic (exact) mass is 322 g/mol. The zero-order chi connectivity index (χ0) is 17.1. The van der Waals surface area contributed by atoms with E-state index in [1.807, 2.05) is 25.6 Å². The van der Waals surface area contributed by atoms with Crippen LogP contribution < -0.4 is 5.32 Å². The molecular weight excluding hydrogens is 292 g/mol. The zero-order valence-electron chi connectivity index (χ0n) is 15.0. The molecule has 3 unspecified atom stereocenters. The summed E-state index contributed by atoms with van der Waals surface area (Å²) >= 11 is 0. The van der Waals surface area contributed by atoms with Gasteiger partial charge in [-0.3, -0.25) is 4.68 Å². The van der Waals surface area contributed by atoms with Gasteiger partial charge in [0, 0.05) is 38.3 Å². The number of nitrogens with one attached hydrogen (secondary N) is 1. The van der Waals surface area contributed by atoms with Crippen LogP contribution in [-0.4, -0.2) is 51.6 Å². The van der Waals surface area contributed by atoms with Crippen LogP contribution in [0.15, 0.2) is 0 Å². The molecule has 2 amide bonds. The highest BCUT2D eigenvalue weighted by molar-refractivity contribution is 5.74. The first-order valence-electron chi connectivity index (χ1n) is 8.48. The molecule has 1 aliphatic carbocycles. The Labute approximate surface area is 138 Å². The van der Waals surface area contributed by atoms with Crippen LogP contribution in [0.2, 0.25) is 0 Å². The summed E-state index contributed by atoms with van der Waals surface area (Å²) in [5.74, 6) is 0.212. The molecule has 2 N–H and O–H groups in total. The summed E-state index contributed by atoms with van der Waals surface area (Å²) in [6.45, 7) is 6.69. The van der Waals surface area contributed by atoms with E-state index in [0.717, 1.165) is 37.1 Å². The number of hydrogen-bond donors (Lipinski definition) is 2. The van der Waals surface area contributed by atoms with Crippen molar-refractivity contribution in [2.45, 2.75) is 58.6 Å². The minimum Gasteiger partial charge on any atom is -0.393 e. The van der Waals surface area contributed by atoms with Crippen molar-refractivity contribution < 1.29 is 9.90 Å². The molecular formula is C17H30N4O2. The van der Waals surface area contributed by atoms with Crippen LogP contribution in [0.1, 0.15) is 43.1 Å². The number of hydrogen-bond acceptors (Lipinski definition) is 3. The Bertz CT molecular complexity index is 555. The molecule has 0 saturated heterocycles. The fourth-order valence-electron chi connectivity index (χ4n) is 3.46. The summed E-state index contributed by atoms with van der Waals surface area (Å²) in [4.78, 5) is 14.0. The summed E-state index contributed by atoms with van der Waals surface area (Å²) in [7, 11) is 3.74. The lowest BCUT2D eigenvalue weighted by Crippen LogP contribution is -2.45. The van der Waals surface area contributed by atoms with Gasteiger partial charge in [-0.05, 0) is 45.6 Å². The highest BCUT2D eigenvalue weighted by atomic mass is 16.3. The molecule has 1 aliphatic rings. The molecule has 130 valence electrons. The van der Waals surface area contributed by atoms with Crippen LogP contribution in [0.3, 0.4) is 0 Å². The van der Waals surface area contributed by atoms with Gasteiger partial charge in [0.2, 0.25) is 0 Å². The first-order valence-corrected chi connectivity index (χ1v) is 8.48. The predicted molar refractivity (Wildman–Crippen MR) is 90.4 cm³/mol. The fraction of sp³-hybridized carbons (Fsp3) is 0.765. The third-order valence-corrected chi connectivity index (χ3v) is 5.01. The summed E-state index contributed by atoms with van der Waals surface area (Å²) in [5, 5.41) is 17.4. The average Bonchev–Trinajstić information content (AvgIpc) is 2.97. The first kappa shape index (κ1) is 17.8. The maximum absolute atomic E-state index is 12.3. The topological polar surface area (TPSA) is 70.4 Å². The molecule has 2 rings (SSSR count). The first-order chi connectivity index (χ1) is 10.8. The molecule has 0 spiro atoms. The van der Waals surface area contributed by atoms with E-state index in [4.69, 9.17) is 0 Å². The standard InChI is InChI=1S/C17H30N4O2/c1-11(9-15-12(2)19-21(5)13(15)3)18-17(23)20(4)10-14-7-6-8-16(14)22/h11,14,16,22H,6-10H2,1-5H3,(H,18,23). The van der Waals surface area contributed by atoms with E-state index < -0.39 is 0 Å². The van der Waals surface area contributed by atoms with Gasteiger partial charge in [0.1, 0.15) is 0 Å². The van der Waals surface area contributed by atoms with Crippen molar-refractivity contribution in [2.75, 3.05) is 13.6 Å². The van der Waals surface area contributed by atoms with E-state index in [-0.39, 0.29) is 24.1 Å². The fourth-order valence-corrected chi connectivity index (χ4v) is 3.46. The Kier molecular flexibility index (Phi) is 5.68. The lowest BCUT2D eigenvalue weighted by molar-refractivity contribution is 0.113. The van der Waals surface area contributed by atoms with Gasteiger partial charge in [-0.2, -0.15) is 5.10 Å². The summed E-state index contributed by atoms with van der Waals surface area (Å²) in [6.07, 6.45) is 3.43. The van der Waals surface area contributed by atoms with Crippen LogP contribution in [0.4, 0.5) is 4.79 Å². The van der Waals surface area contributed by atoms with Crippen molar-refractivity contribution in [3.63, 3.8) is 0 Å². The second kappa shape index (κ2) is 7.34. The van der Waals surface area contributed by atoms with E-state index in [0.29, 0.717) is 6.54 Å². The molecule has 1 aromatic rings. The van der Waals surface area contributed by atoms with Crippen molar-refractivity contribution >= 4 is 6.03 Å². The third kappa shape index (κ3) is 4.25. The van der Waals surface area contributed by atoms with Crippen molar-refractivity contribution in [2.24, 2.45) is 13.0 Å². The number of amides is 2. The lowest BCUT2D eigenvalue weighted by Gasteiger charge is -2.25. The van der Waals surface area contributed by atoms with Crippen molar-refractivity contribution in [3.8, 4) is 0 Å². The Balaban J connectivity index is 1.86. The van der Waals surface area contributed by atoms with E-state index in [9.17, 15) is 9.90 Å². The zero-order valence-corrected chi connectivity index (χ0v) is 15.0. The van der Waals surface area contributed by atoms with Gasteiger partial charge < -0.3 is 15.3 Å². The molecule has 23 heavy (non-hydrogen) atoms. The normalized spacial score (nSPS) is 22.2. The SMILES string of the molecule is Cc1nn(C)c(C)c1CC(C)NC(=O)N(C)CC1CCCC1O. The minimum atomic E-state index is -0.261. The average molecular weight is 322 g/mol. The van der Waals surface area contributed by atoms with E-state index in [1.165, 1.54) is 5.56 Å². The highest BCUT2D eigenvalue weighted by Gasteiger charge is 2.27. The molecule has 0 radical (unpaired) electrons. The lowest BCUT2D eigenvalue weighted by atomic mass is 10.1. The summed E-state index contributed by atoms with van der Waals surface area (Å²) in [5.41, 5.74) is 3.37. The maximum Gasteiger partial charge on any atom is 0.317 e. The second-order valence-electron chi connectivity index (χ2n) is 6.97. The molecule has 1 aromatic heterocycles. The number of nitrogens with zero attached hydrogens (tertiary/aromatic N) is 3. The quantitative estimate of drug-likeness (QED) is 0.868. The van der Waals surface area contributed by atoms with Crippen LogP contribution >= 0.6 is 0 Å². The molecule has 6 heteroatoms. The number of carbonyl (C=O) groups is 1. The number of aliphatic hydroxyl groups excluding tert-OH is 1. The number of aryl methyl sites for hydroxylation is 2. The molecule has 1 fully saturated rings. The second-order valence-corrected chi connectivity index (χ2v) is 6.97. The Morgan fingerprint density at radius 3 is 2.70 bits per heavy atom. The van der Waals surface area contributed by atoms with Gasteiger partial charge >= 0.3 is 6.03 Å². The Morgan fingerprint density at radius 2 is 2.17 bits per heavy atom. The molecule has 0 bridgehead atoms. The largest absolute Gasteiger partial charge is 0.393 e. The number of rotatable bonds is 5. The highest BCUT2D eigenvalue weighted by Crippen LogP contribution is 2.26. The van der Waals surface area contributed by atoms with Gasteiger partial charge in [-0.25, -0.2) is 4.79 Å². The van der Waals surface area contributed by atoms with Crippen molar-refractivity contribution in [1.82, 2.24) is 20.0 Å². The van der Waals surface area contributed by atoms with E-state index in [1.54, 1.807) is 11.9 Å². The number of aromatic nitrogens is 2. The molecule has 6 nitrogen and oxygen atoms in total. The van der Waals surface area contributed by atoms with Crippen molar-refractivity contribution in [3.05, 3.63) is 17.0 Å². The van der Waals surface area contributed by atoms with E-state index in [2.05, 4.69) is 17.3 Å². The number of aliphatic hydroxyl groups is 1. The molecule has 3 atom stereocenters. The van der Waals surface area contributed by atoms with Crippen molar-refractivity contribution in [1.29, 1.82) is 0 Å². The predicted octanol–water partition coefficient (Wildman–Crippen LogP) is 1.77. The van der Waals surface area contributed by atoms with Gasteiger partial charge in [0.15, 0.2) is 0 Å². The van der Waals surface area contributed by atoms with Gasteiger partial charge in [0.05, 0.1) is 11.8 Å². The third-order valence-electron chi connectivity index (χ3n) is 5.01. The summed E-state index contributed by atoms with van der Waals surface area (Å²) < 4.78 is 1.88. The summed E-state index contributed by atoms with van der Waals surface area (Å²) in [6, 6.07) is -0.0316. The molecule has 0 aromatic carbocycles. The number of carbonyl (C=O) groups excluding carboxylic acids is 1. The maximum atomic E-state index is 12.3. The minimum absolute atomic E-state index is 0.0417. The molecule has 1 heterocycles. The van der Waals surface area contributed by atoms with Crippen LogP contribution in [-0.2, 0) is 13.5 Å². The Hall–Kier alpha value is -1.56. The van der Waals surface area contributed by atoms with Gasteiger partial charge in [-0.15, -0.1) is 0 Å². The Morgan fingerprint density at radius 1 is 1.48 bits per heavy atom. The molecule has 0 aliphatic heterocycles. The van der Waals surface area contributed by atoms with Gasteiger partial charge in [0.25, 0.3) is 0 Å². The van der Waals surface area contributed by atoms with Crippen LogP contribution in [0.5, 0.6) is 0 Å². The smallest absolute Gasteiger partial charge is 0.317 e. The van der Waals surface area contributed by atoms with E-state index >= 15 is 0 Å². The number of urea groups is 1.